The molecule has 0 aliphatic carbocycles. The zero-order valence-electron chi connectivity index (χ0n) is 11.8. The molecule has 1 fully saturated rings. The molecule has 1 heterocycles. The first kappa shape index (κ1) is 16.9. The van der Waals surface area contributed by atoms with Gasteiger partial charge in [-0.2, -0.15) is 0 Å². The minimum atomic E-state index is -1.98. The lowest BCUT2D eigenvalue weighted by Crippen LogP contribution is -2.68. The van der Waals surface area contributed by atoms with Gasteiger partial charge in [-0.15, -0.1) is 0 Å². The van der Waals surface area contributed by atoms with E-state index >= 15 is 0 Å². The van der Waals surface area contributed by atoms with Crippen molar-refractivity contribution in [2.24, 2.45) is 5.73 Å². The van der Waals surface area contributed by atoms with Crippen LogP contribution in [0.3, 0.4) is 0 Å². The summed E-state index contributed by atoms with van der Waals surface area (Å²) in [7, 11) is 0. The molecule has 0 spiro atoms. The van der Waals surface area contributed by atoms with Crippen molar-refractivity contribution < 1.29 is 35.4 Å². The predicted octanol–water partition coefficient (Wildman–Crippen LogP) is -1.84. The summed E-state index contributed by atoms with van der Waals surface area (Å²) in [5.41, 5.74) is 6.08. The maximum absolute atomic E-state index is 10.5. The number of hydrogen-bond donors (Lipinski definition) is 7. The molecule has 1 aromatic rings. The quantitative estimate of drug-likeness (QED) is 0.319. The Hall–Kier alpha value is -1.42. The second-order valence-electron chi connectivity index (χ2n) is 5.50. The second-order valence-corrected chi connectivity index (χ2v) is 5.50. The van der Waals surface area contributed by atoms with Gasteiger partial charge in [0.05, 0.1) is 12.6 Å². The number of aromatic hydroxyl groups is 2. The highest BCUT2D eigenvalue weighted by molar-refractivity contribution is 5.38. The summed E-state index contributed by atoms with van der Waals surface area (Å²) < 4.78 is 5.24. The van der Waals surface area contributed by atoms with Crippen molar-refractivity contribution in [3.8, 4) is 11.5 Å². The Kier molecular flexibility index (Phi) is 4.90. The lowest BCUT2D eigenvalue weighted by Gasteiger charge is -2.46. The highest BCUT2D eigenvalue weighted by Gasteiger charge is 2.51. The van der Waals surface area contributed by atoms with Crippen LogP contribution in [0.15, 0.2) is 18.2 Å². The number of rotatable bonds is 4. The number of ether oxygens (including phenoxy) is 1. The molecule has 1 saturated heterocycles. The van der Waals surface area contributed by atoms with Crippen LogP contribution in [0.2, 0.25) is 0 Å². The number of hydrogen-bond acceptors (Lipinski definition) is 8. The Bertz CT molecular complexity index is 524. The molecule has 0 aromatic heterocycles. The van der Waals surface area contributed by atoms with Gasteiger partial charge in [-0.3, -0.25) is 0 Å². The van der Waals surface area contributed by atoms with Crippen LogP contribution in [0, 0.1) is 0 Å². The molecule has 1 unspecified atom stereocenters. The second kappa shape index (κ2) is 6.37. The third-order valence-electron chi connectivity index (χ3n) is 3.97. The molecule has 8 heteroatoms. The average Bonchev–Trinajstić information content (AvgIpc) is 2.50. The minimum Gasteiger partial charge on any atom is -0.508 e. The molecule has 0 amide bonds. The van der Waals surface area contributed by atoms with Crippen LogP contribution in [-0.4, -0.2) is 67.4 Å². The van der Waals surface area contributed by atoms with Gasteiger partial charge in [0.25, 0.3) is 0 Å². The van der Waals surface area contributed by atoms with E-state index in [1.54, 1.807) is 0 Å². The Morgan fingerprint density at radius 1 is 1.18 bits per heavy atom. The molecule has 0 radical (unpaired) electrons. The number of benzene rings is 1. The molecule has 0 bridgehead atoms. The number of aliphatic hydroxyl groups is 4. The molecule has 0 saturated carbocycles. The van der Waals surface area contributed by atoms with Crippen molar-refractivity contribution in [2.75, 3.05) is 6.61 Å². The van der Waals surface area contributed by atoms with Crippen LogP contribution in [0.4, 0.5) is 0 Å². The summed E-state index contributed by atoms with van der Waals surface area (Å²) in [5, 5.41) is 58.3. The normalized spacial score (nSPS) is 35.5. The van der Waals surface area contributed by atoms with E-state index in [1.807, 2.05) is 0 Å². The van der Waals surface area contributed by atoms with E-state index in [-0.39, 0.29) is 24.3 Å². The largest absolute Gasteiger partial charge is 0.508 e. The van der Waals surface area contributed by atoms with Crippen LogP contribution < -0.4 is 5.73 Å². The fourth-order valence-electron chi connectivity index (χ4n) is 2.57. The first-order chi connectivity index (χ1) is 10.3. The molecule has 2 rings (SSSR count). The Balaban J connectivity index is 2.14. The molecule has 1 aromatic carbocycles. The number of aliphatic hydroxyl groups excluding tert-OH is 3. The van der Waals surface area contributed by atoms with E-state index in [0.717, 1.165) is 0 Å². The number of nitrogens with two attached hydrogens (primary N) is 1. The monoisotopic (exact) mass is 315 g/mol. The molecule has 8 nitrogen and oxygen atoms in total. The lowest BCUT2D eigenvalue weighted by atomic mass is 9.87. The average molecular weight is 315 g/mol. The fraction of sp³-hybridized carbons (Fsp3) is 0.571. The van der Waals surface area contributed by atoms with Gasteiger partial charge in [0, 0.05) is 6.42 Å². The minimum absolute atomic E-state index is 0.0441. The van der Waals surface area contributed by atoms with E-state index in [0.29, 0.717) is 5.56 Å². The van der Waals surface area contributed by atoms with Crippen LogP contribution in [0.5, 0.6) is 11.5 Å². The summed E-state index contributed by atoms with van der Waals surface area (Å²) >= 11 is 0. The van der Waals surface area contributed by atoms with Crippen LogP contribution in [0.1, 0.15) is 12.0 Å². The van der Waals surface area contributed by atoms with Crippen LogP contribution >= 0.6 is 0 Å². The Morgan fingerprint density at radius 2 is 1.86 bits per heavy atom. The fourth-order valence-corrected chi connectivity index (χ4v) is 2.57. The smallest absolute Gasteiger partial charge is 0.184 e. The maximum Gasteiger partial charge on any atom is 0.184 e. The van der Waals surface area contributed by atoms with Gasteiger partial charge in [-0.1, -0.05) is 0 Å². The van der Waals surface area contributed by atoms with Gasteiger partial charge in [0.2, 0.25) is 0 Å². The molecule has 124 valence electrons. The van der Waals surface area contributed by atoms with Gasteiger partial charge in [-0.05, 0) is 30.2 Å². The highest BCUT2D eigenvalue weighted by atomic mass is 16.6. The van der Waals surface area contributed by atoms with E-state index in [4.69, 9.17) is 15.6 Å². The van der Waals surface area contributed by atoms with Crippen LogP contribution in [0.25, 0.3) is 0 Å². The first-order valence-corrected chi connectivity index (χ1v) is 6.92. The van der Waals surface area contributed by atoms with Gasteiger partial charge in [-0.25, -0.2) is 0 Å². The highest BCUT2D eigenvalue weighted by Crippen LogP contribution is 2.32. The summed E-state index contributed by atoms with van der Waals surface area (Å²) in [6, 6.07) is 2.68. The van der Waals surface area contributed by atoms with E-state index in [1.165, 1.54) is 18.2 Å². The molecule has 8 N–H and O–H groups in total. The van der Waals surface area contributed by atoms with E-state index in [2.05, 4.69) is 0 Å². The van der Waals surface area contributed by atoms with Gasteiger partial charge in [0.1, 0.15) is 29.8 Å². The van der Waals surface area contributed by atoms with E-state index in [9.17, 15) is 25.5 Å². The Morgan fingerprint density at radius 3 is 2.50 bits per heavy atom. The SMILES string of the molecule is N[C@@H]1[C@@H](O)[C@H](O)[C@@H](CO)OC1(O)CCc1cc(O)ccc1O. The van der Waals surface area contributed by atoms with Crippen LogP contribution in [-0.2, 0) is 11.2 Å². The molecule has 22 heavy (non-hydrogen) atoms. The first-order valence-electron chi connectivity index (χ1n) is 6.92. The van der Waals surface area contributed by atoms with Crippen molar-refractivity contribution in [3.63, 3.8) is 0 Å². The molecular weight excluding hydrogens is 294 g/mol. The molecule has 1 aliphatic rings. The topological polar surface area (TPSA) is 157 Å². The van der Waals surface area contributed by atoms with Gasteiger partial charge in [0.15, 0.2) is 5.79 Å². The number of aryl methyl sites for hydroxylation is 1. The number of phenolic OH excluding ortho intramolecular Hbond substituents is 2. The zero-order chi connectivity index (χ0) is 16.5. The van der Waals surface area contributed by atoms with Crippen molar-refractivity contribution in [1.29, 1.82) is 0 Å². The lowest BCUT2D eigenvalue weighted by molar-refractivity contribution is -0.316. The van der Waals surface area contributed by atoms with E-state index < -0.39 is 36.7 Å². The van der Waals surface area contributed by atoms with Crippen molar-refractivity contribution in [3.05, 3.63) is 23.8 Å². The summed E-state index contributed by atoms with van der Waals surface area (Å²) in [6.07, 6.45) is -4.04. The molecule has 5 atom stereocenters. The van der Waals surface area contributed by atoms with Crippen molar-refractivity contribution in [1.82, 2.24) is 0 Å². The molecular formula is C14H21NO7. The summed E-state index contributed by atoms with van der Waals surface area (Å²) in [5.74, 6) is -2.09. The number of phenols is 2. The third-order valence-corrected chi connectivity index (χ3v) is 3.97. The van der Waals surface area contributed by atoms with Gasteiger partial charge < -0.3 is 41.1 Å². The van der Waals surface area contributed by atoms with Gasteiger partial charge >= 0.3 is 0 Å². The summed E-state index contributed by atoms with van der Waals surface area (Å²) in [4.78, 5) is 0. The Labute approximate surface area is 127 Å². The van der Waals surface area contributed by atoms with Crippen molar-refractivity contribution >= 4 is 0 Å². The standard InChI is InChI=1S/C14H21NO7/c15-13-12(20)11(19)10(6-16)22-14(13,21)4-3-7-5-8(17)1-2-9(7)18/h1-2,5,10-13,16-21H,3-4,6,15H2/t10-,11-,12+,13-,14?/m1/s1. The zero-order valence-corrected chi connectivity index (χ0v) is 11.8. The predicted molar refractivity (Wildman–Crippen MR) is 75.0 cm³/mol. The maximum atomic E-state index is 10.5. The molecule has 1 aliphatic heterocycles. The third kappa shape index (κ3) is 3.17. The summed E-state index contributed by atoms with van der Waals surface area (Å²) in [6.45, 7) is -0.593. The van der Waals surface area contributed by atoms with Crippen molar-refractivity contribution in [2.45, 2.75) is 43.0 Å².